The largest absolute Gasteiger partial charge is 0.494 e. The van der Waals surface area contributed by atoms with Crippen LogP contribution >= 0.6 is 0 Å². The Morgan fingerprint density at radius 2 is 2.11 bits per heavy atom. The first-order valence-corrected chi connectivity index (χ1v) is 6.22. The minimum absolute atomic E-state index is 0.0389. The van der Waals surface area contributed by atoms with Gasteiger partial charge in [-0.3, -0.25) is 11.3 Å². The van der Waals surface area contributed by atoms with Crippen LogP contribution in [0.15, 0.2) is 24.3 Å². The van der Waals surface area contributed by atoms with Gasteiger partial charge in [-0.05, 0) is 37.5 Å². The van der Waals surface area contributed by atoms with E-state index in [0.717, 1.165) is 5.56 Å². The summed E-state index contributed by atoms with van der Waals surface area (Å²) >= 11 is 0. The molecule has 0 heterocycles. The maximum Gasteiger partial charge on any atom is 0.389 e. The van der Waals surface area contributed by atoms with Gasteiger partial charge in [-0.15, -0.1) is 0 Å². The van der Waals surface area contributed by atoms with Gasteiger partial charge in [0.15, 0.2) is 0 Å². The first-order chi connectivity index (χ1) is 8.96. The average Bonchev–Trinajstić information content (AvgIpc) is 2.34. The molecule has 1 atom stereocenters. The zero-order chi connectivity index (χ0) is 14.3. The van der Waals surface area contributed by atoms with Gasteiger partial charge < -0.3 is 4.74 Å². The van der Waals surface area contributed by atoms with Gasteiger partial charge in [-0.2, -0.15) is 13.2 Å². The van der Waals surface area contributed by atoms with E-state index >= 15 is 0 Å². The van der Waals surface area contributed by atoms with Gasteiger partial charge >= 0.3 is 6.18 Å². The van der Waals surface area contributed by atoms with E-state index in [1.807, 2.05) is 13.0 Å². The lowest BCUT2D eigenvalue weighted by atomic mass is 10.0. The highest BCUT2D eigenvalue weighted by atomic mass is 19.4. The van der Waals surface area contributed by atoms with Crippen LogP contribution in [0.5, 0.6) is 5.75 Å². The summed E-state index contributed by atoms with van der Waals surface area (Å²) in [5.74, 6) is 6.10. The molecule has 0 bridgehead atoms. The van der Waals surface area contributed by atoms with Crippen LogP contribution in [-0.4, -0.2) is 12.8 Å². The first-order valence-electron chi connectivity index (χ1n) is 6.22. The maximum absolute atomic E-state index is 12.1. The van der Waals surface area contributed by atoms with Crippen LogP contribution < -0.4 is 16.0 Å². The Hall–Kier alpha value is -1.27. The van der Waals surface area contributed by atoms with Crippen LogP contribution in [-0.2, 0) is 0 Å². The van der Waals surface area contributed by atoms with Gasteiger partial charge in [-0.25, -0.2) is 0 Å². The molecular weight excluding hydrogens is 257 g/mol. The molecule has 1 aromatic rings. The van der Waals surface area contributed by atoms with Crippen molar-refractivity contribution >= 4 is 0 Å². The van der Waals surface area contributed by atoms with E-state index in [1.54, 1.807) is 18.2 Å². The van der Waals surface area contributed by atoms with Crippen LogP contribution in [0.2, 0.25) is 0 Å². The van der Waals surface area contributed by atoms with Crippen molar-refractivity contribution in [3.8, 4) is 5.75 Å². The molecule has 0 aliphatic heterocycles. The highest BCUT2D eigenvalue weighted by Crippen LogP contribution is 2.27. The van der Waals surface area contributed by atoms with Crippen molar-refractivity contribution in [3.63, 3.8) is 0 Å². The van der Waals surface area contributed by atoms with Crippen molar-refractivity contribution < 1.29 is 17.9 Å². The molecule has 1 aromatic carbocycles. The lowest BCUT2D eigenvalue weighted by Gasteiger charge is -2.17. The predicted molar refractivity (Wildman–Crippen MR) is 67.6 cm³/mol. The van der Waals surface area contributed by atoms with Gasteiger partial charge in [0.1, 0.15) is 5.75 Å². The van der Waals surface area contributed by atoms with Crippen molar-refractivity contribution in [3.05, 3.63) is 29.8 Å². The molecule has 0 spiro atoms. The normalized spacial score (nSPS) is 13.3. The van der Waals surface area contributed by atoms with Crippen LogP contribution in [0, 0.1) is 0 Å². The average molecular weight is 276 g/mol. The number of benzene rings is 1. The van der Waals surface area contributed by atoms with E-state index in [0.29, 0.717) is 18.8 Å². The molecule has 19 heavy (non-hydrogen) atoms. The zero-order valence-electron chi connectivity index (χ0n) is 10.8. The Balaban J connectivity index is 2.61. The number of hydrogen-bond donors (Lipinski definition) is 2. The highest BCUT2D eigenvalue weighted by Gasteiger charge is 2.26. The summed E-state index contributed by atoms with van der Waals surface area (Å²) in [6.45, 7) is 2.41. The Labute approximate surface area is 110 Å². The summed E-state index contributed by atoms with van der Waals surface area (Å²) in [5, 5.41) is 0. The number of alkyl halides is 3. The third-order valence-electron chi connectivity index (χ3n) is 2.73. The molecule has 6 heteroatoms. The van der Waals surface area contributed by atoms with Crippen molar-refractivity contribution in [1.82, 2.24) is 5.43 Å². The molecule has 0 saturated carbocycles. The predicted octanol–water partition coefficient (Wildman–Crippen LogP) is 3.32. The number of nitrogens with two attached hydrogens (primary N) is 1. The summed E-state index contributed by atoms with van der Waals surface area (Å²) in [4.78, 5) is 0. The second kappa shape index (κ2) is 7.35. The fraction of sp³-hybridized carbons (Fsp3) is 0.538. The Kier molecular flexibility index (Phi) is 6.11. The number of rotatable bonds is 7. The third kappa shape index (κ3) is 5.94. The summed E-state index contributed by atoms with van der Waals surface area (Å²) in [6, 6.07) is 6.91. The molecule has 1 rings (SSSR count). The number of ether oxygens (including phenoxy) is 1. The SMILES string of the molecule is CCOc1cccc(C(CCCC(F)(F)F)NN)c1. The van der Waals surface area contributed by atoms with Gasteiger partial charge in [0, 0.05) is 12.5 Å². The second-order valence-corrected chi connectivity index (χ2v) is 4.23. The van der Waals surface area contributed by atoms with E-state index in [-0.39, 0.29) is 12.5 Å². The molecule has 1 unspecified atom stereocenters. The summed E-state index contributed by atoms with van der Waals surface area (Å²) in [5.41, 5.74) is 3.38. The number of hydrazine groups is 1. The van der Waals surface area contributed by atoms with Crippen molar-refractivity contribution in [2.75, 3.05) is 6.61 Å². The molecule has 0 aliphatic rings. The van der Waals surface area contributed by atoms with Crippen molar-refractivity contribution in [1.29, 1.82) is 0 Å². The molecule has 3 N–H and O–H groups in total. The summed E-state index contributed by atoms with van der Waals surface area (Å²) in [6.07, 6.45) is -4.55. The topological polar surface area (TPSA) is 47.3 Å². The van der Waals surface area contributed by atoms with E-state index in [9.17, 15) is 13.2 Å². The number of nitrogens with one attached hydrogen (secondary N) is 1. The quantitative estimate of drug-likeness (QED) is 0.593. The lowest BCUT2D eigenvalue weighted by molar-refractivity contribution is -0.135. The molecule has 108 valence electrons. The molecule has 0 fully saturated rings. The Morgan fingerprint density at radius 3 is 2.68 bits per heavy atom. The Morgan fingerprint density at radius 1 is 1.37 bits per heavy atom. The highest BCUT2D eigenvalue weighted by molar-refractivity contribution is 5.30. The maximum atomic E-state index is 12.1. The van der Waals surface area contributed by atoms with Gasteiger partial charge in [0.2, 0.25) is 0 Å². The summed E-state index contributed by atoms with van der Waals surface area (Å²) < 4.78 is 41.7. The fourth-order valence-corrected chi connectivity index (χ4v) is 1.84. The molecule has 0 amide bonds. The second-order valence-electron chi connectivity index (χ2n) is 4.23. The number of halogens is 3. The minimum atomic E-state index is -4.12. The molecule has 0 radical (unpaired) electrons. The lowest BCUT2D eigenvalue weighted by Crippen LogP contribution is -2.28. The van der Waals surface area contributed by atoms with E-state index in [1.165, 1.54) is 0 Å². The minimum Gasteiger partial charge on any atom is -0.494 e. The third-order valence-corrected chi connectivity index (χ3v) is 2.73. The molecule has 0 saturated heterocycles. The molecular formula is C13H19F3N2O. The standard InChI is InChI=1S/C13H19F3N2O/c1-2-19-11-6-3-5-10(9-11)12(18-17)7-4-8-13(14,15)16/h3,5-6,9,12,18H,2,4,7-8,17H2,1H3. The monoisotopic (exact) mass is 276 g/mol. The van der Waals surface area contributed by atoms with Crippen molar-refractivity contribution in [2.45, 2.75) is 38.4 Å². The van der Waals surface area contributed by atoms with Crippen LogP contribution in [0.3, 0.4) is 0 Å². The van der Waals surface area contributed by atoms with E-state index < -0.39 is 12.6 Å². The van der Waals surface area contributed by atoms with E-state index in [4.69, 9.17) is 10.6 Å². The van der Waals surface area contributed by atoms with E-state index in [2.05, 4.69) is 5.43 Å². The smallest absolute Gasteiger partial charge is 0.389 e. The van der Waals surface area contributed by atoms with Crippen LogP contribution in [0.4, 0.5) is 13.2 Å². The van der Waals surface area contributed by atoms with Crippen LogP contribution in [0.25, 0.3) is 0 Å². The summed E-state index contributed by atoms with van der Waals surface area (Å²) in [7, 11) is 0. The van der Waals surface area contributed by atoms with Crippen LogP contribution in [0.1, 0.15) is 37.8 Å². The Bertz CT molecular complexity index is 382. The zero-order valence-corrected chi connectivity index (χ0v) is 10.8. The molecule has 0 aliphatic carbocycles. The van der Waals surface area contributed by atoms with Gasteiger partial charge in [0.25, 0.3) is 0 Å². The first kappa shape index (κ1) is 15.8. The van der Waals surface area contributed by atoms with Gasteiger partial charge in [0.05, 0.1) is 6.61 Å². The number of hydrogen-bond acceptors (Lipinski definition) is 3. The fourth-order valence-electron chi connectivity index (χ4n) is 1.84. The van der Waals surface area contributed by atoms with Crippen molar-refractivity contribution in [2.24, 2.45) is 5.84 Å². The van der Waals surface area contributed by atoms with Gasteiger partial charge in [-0.1, -0.05) is 12.1 Å². The molecule has 3 nitrogen and oxygen atoms in total. The molecule has 0 aromatic heterocycles.